The topological polar surface area (TPSA) is 72.2 Å². The molecule has 20 heavy (non-hydrogen) atoms. The highest BCUT2D eigenvalue weighted by Gasteiger charge is 2.21. The molecule has 0 fully saturated rings. The molecule has 0 aliphatic heterocycles. The molecule has 2 rings (SSSR count). The molecule has 0 saturated carbocycles. The molecule has 0 amide bonds. The second kappa shape index (κ2) is 5.69. The predicted octanol–water partition coefficient (Wildman–Crippen LogP) is 3.11. The molecular weight excluding hydrogens is 323 g/mol. The lowest BCUT2D eigenvalue weighted by Crippen LogP contribution is -2.14. The van der Waals surface area contributed by atoms with Crippen molar-refractivity contribution in [1.82, 2.24) is 0 Å². The number of nitrogens with one attached hydrogen (secondary N) is 1. The summed E-state index contributed by atoms with van der Waals surface area (Å²) in [6, 6.07) is 5.23. The number of halogens is 2. The van der Waals surface area contributed by atoms with Crippen LogP contribution in [0.4, 0.5) is 10.1 Å². The first-order valence-corrected chi connectivity index (χ1v) is 8.28. The number of benzene rings is 1. The molecule has 0 saturated heterocycles. The van der Waals surface area contributed by atoms with Crippen molar-refractivity contribution in [3.63, 3.8) is 0 Å². The van der Waals surface area contributed by atoms with Crippen molar-refractivity contribution in [3.05, 3.63) is 44.9 Å². The molecule has 1 heterocycles. The molecule has 108 valence electrons. The van der Waals surface area contributed by atoms with E-state index in [1.165, 1.54) is 29.5 Å². The van der Waals surface area contributed by atoms with E-state index in [0.717, 1.165) is 10.9 Å². The molecule has 0 unspecified atom stereocenters. The Morgan fingerprint density at radius 1 is 1.40 bits per heavy atom. The summed E-state index contributed by atoms with van der Waals surface area (Å²) in [5.74, 6) is -0.729. The van der Waals surface area contributed by atoms with Gasteiger partial charge in [0.25, 0.3) is 10.0 Å². The molecule has 1 aromatic heterocycles. The largest absolute Gasteiger partial charge is 0.326 e. The monoisotopic (exact) mass is 334 g/mol. The van der Waals surface area contributed by atoms with E-state index < -0.39 is 15.8 Å². The molecule has 0 aliphatic rings. The minimum atomic E-state index is -3.85. The maximum atomic E-state index is 13.6. The third-order valence-corrected chi connectivity index (χ3v) is 5.52. The van der Waals surface area contributed by atoms with Gasteiger partial charge in [-0.15, -0.1) is 11.3 Å². The highest BCUT2D eigenvalue weighted by molar-refractivity contribution is 7.93. The molecule has 0 bridgehead atoms. The van der Waals surface area contributed by atoms with Crippen LogP contribution in [0.15, 0.2) is 29.2 Å². The SMILES string of the molecule is Cc1sc(CN)cc1S(=O)(=O)Nc1ccc(Cl)cc1F. The van der Waals surface area contributed by atoms with Crippen LogP contribution >= 0.6 is 22.9 Å². The Hall–Kier alpha value is -1.15. The van der Waals surface area contributed by atoms with Gasteiger partial charge in [-0.2, -0.15) is 0 Å². The summed E-state index contributed by atoms with van der Waals surface area (Å²) >= 11 is 6.92. The van der Waals surface area contributed by atoms with Crippen LogP contribution < -0.4 is 10.5 Å². The van der Waals surface area contributed by atoms with Crippen LogP contribution in [-0.4, -0.2) is 8.42 Å². The Morgan fingerprint density at radius 3 is 2.65 bits per heavy atom. The van der Waals surface area contributed by atoms with Crippen LogP contribution in [-0.2, 0) is 16.6 Å². The average molecular weight is 335 g/mol. The van der Waals surface area contributed by atoms with E-state index in [0.29, 0.717) is 4.88 Å². The number of sulfonamides is 1. The lowest BCUT2D eigenvalue weighted by Gasteiger charge is -2.08. The number of rotatable bonds is 4. The number of thiophene rings is 1. The maximum absolute atomic E-state index is 13.6. The second-order valence-corrected chi connectivity index (χ2v) is 7.50. The Labute approximate surface area is 125 Å². The summed E-state index contributed by atoms with van der Waals surface area (Å²) in [5, 5.41) is 0.197. The molecule has 3 N–H and O–H groups in total. The standard InChI is InChI=1S/C12H12ClFN2O2S2/c1-7-12(5-9(6-15)19-7)20(17,18)16-11-3-2-8(13)4-10(11)14/h2-5,16H,6,15H2,1H3. The average Bonchev–Trinajstić information content (AvgIpc) is 2.75. The zero-order chi connectivity index (χ0) is 14.9. The number of nitrogens with two attached hydrogens (primary N) is 1. The van der Waals surface area contributed by atoms with Gasteiger partial charge in [0.1, 0.15) is 10.7 Å². The van der Waals surface area contributed by atoms with Gasteiger partial charge >= 0.3 is 0 Å². The molecule has 0 radical (unpaired) electrons. The summed E-state index contributed by atoms with van der Waals surface area (Å²) < 4.78 is 40.3. The number of anilines is 1. The van der Waals surface area contributed by atoms with Gasteiger partial charge in [0.05, 0.1) is 5.69 Å². The predicted molar refractivity (Wildman–Crippen MR) is 79.2 cm³/mol. The molecule has 2 aromatic rings. The molecule has 1 aromatic carbocycles. The second-order valence-electron chi connectivity index (χ2n) is 4.07. The van der Waals surface area contributed by atoms with E-state index >= 15 is 0 Å². The molecule has 4 nitrogen and oxygen atoms in total. The van der Waals surface area contributed by atoms with Crippen LogP contribution in [0, 0.1) is 12.7 Å². The van der Waals surface area contributed by atoms with Crippen LogP contribution in [0.3, 0.4) is 0 Å². The van der Waals surface area contributed by atoms with Crippen LogP contribution in [0.25, 0.3) is 0 Å². The van der Waals surface area contributed by atoms with E-state index in [1.54, 1.807) is 6.92 Å². The minimum Gasteiger partial charge on any atom is -0.326 e. The maximum Gasteiger partial charge on any atom is 0.263 e. The molecule has 0 atom stereocenters. The van der Waals surface area contributed by atoms with Crippen LogP contribution in [0.1, 0.15) is 9.75 Å². The van der Waals surface area contributed by atoms with Crippen molar-refractivity contribution in [1.29, 1.82) is 0 Å². The fourth-order valence-corrected chi connectivity index (χ4v) is 4.40. The van der Waals surface area contributed by atoms with Crippen molar-refractivity contribution in [3.8, 4) is 0 Å². The van der Waals surface area contributed by atoms with Crippen molar-refractivity contribution >= 4 is 38.6 Å². The lowest BCUT2D eigenvalue weighted by molar-refractivity contribution is 0.598. The minimum absolute atomic E-state index is 0.109. The summed E-state index contributed by atoms with van der Waals surface area (Å²) in [6.45, 7) is 1.94. The fourth-order valence-electron chi connectivity index (χ4n) is 1.66. The highest BCUT2D eigenvalue weighted by atomic mass is 35.5. The normalized spacial score (nSPS) is 11.6. The van der Waals surface area contributed by atoms with Crippen molar-refractivity contribution < 1.29 is 12.8 Å². The smallest absolute Gasteiger partial charge is 0.263 e. The van der Waals surface area contributed by atoms with Gasteiger partial charge in [0.15, 0.2) is 0 Å². The lowest BCUT2D eigenvalue weighted by atomic mass is 10.3. The molecule has 0 spiro atoms. The molecule has 8 heteroatoms. The quantitative estimate of drug-likeness (QED) is 0.902. The van der Waals surface area contributed by atoms with Gasteiger partial charge in [0, 0.05) is 21.3 Å². The highest BCUT2D eigenvalue weighted by Crippen LogP contribution is 2.28. The van der Waals surface area contributed by atoms with Crippen molar-refractivity contribution in [2.24, 2.45) is 5.73 Å². The third-order valence-electron chi connectivity index (χ3n) is 2.59. The number of hydrogen-bond donors (Lipinski definition) is 2. The van der Waals surface area contributed by atoms with Crippen LogP contribution in [0.5, 0.6) is 0 Å². The van der Waals surface area contributed by atoms with Gasteiger partial charge in [-0.3, -0.25) is 4.72 Å². The van der Waals surface area contributed by atoms with E-state index in [2.05, 4.69) is 4.72 Å². The Kier molecular flexibility index (Phi) is 4.33. The summed E-state index contributed by atoms with van der Waals surface area (Å²) in [7, 11) is -3.85. The zero-order valence-corrected chi connectivity index (χ0v) is 12.9. The van der Waals surface area contributed by atoms with Crippen molar-refractivity contribution in [2.45, 2.75) is 18.4 Å². The van der Waals surface area contributed by atoms with Gasteiger partial charge in [-0.1, -0.05) is 11.6 Å². The molecule has 0 aliphatic carbocycles. The van der Waals surface area contributed by atoms with Gasteiger partial charge in [-0.25, -0.2) is 12.8 Å². The van der Waals surface area contributed by atoms with E-state index in [4.69, 9.17) is 17.3 Å². The Bertz CT molecular complexity index is 744. The first-order valence-electron chi connectivity index (χ1n) is 5.60. The number of aryl methyl sites for hydroxylation is 1. The van der Waals surface area contributed by atoms with E-state index in [9.17, 15) is 12.8 Å². The Morgan fingerprint density at radius 2 is 2.10 bits per heavy atom. The first-order chi connectivity index (χ1) is 9.33. The number of hydrogen-bond acceptors (Lipinski definition) is 4. The summed E-state index contributed by atoms with van der Waals surface area (Å²) in [6.07, 6.45) is 0. The van der Waals surface area contributed by atoms with E-state index in [1.807, 2.05) is 0 Å². The van der Waals surface area contributed by atoms with Crippen LogP contribution in [0.2, 0.25) is 5.02 Å². The third kappa shape index (κ3) is 3.12. The molecular formula is C12H12ClFN2O2S2. The first kappa shape index (κ1) is 15.2. The summed E-state index contributed by atoms with van der Waals surface area (Å²) in [4.78, 5) is 1.46. The van der Waals surface area contributed by atoms with Gasteiger partial charge in [-0.05, 0) is 31.2 Å². The fraction of sp³-hybridized carbons (Fsp3) is 0.167. The van der Waals surface area contributed by atoms with Gasteiger partial charge < -0.3 is 5.73 Å². The summed E-state index contributed by atoms with van der Waals surface area (Å²) in [5.41, 5.74) is 5.35. The van der Waals surface area contributed by atoms with E-state index in [-0.39, 0.29) is 22.2 Å². The van der Waals surface area contributed by atoms with Gasteiger partial charge in [0.2, 0.25) is 0 Å². The Balaban J connectivity index is 2.38. The zero-order valence-electron chi connectivity index (χ0n) is 10.5. The van der Waals surface area contributed by atoms with Crippen molar-refractivity contribution in [2.75, 3.05) is 4.72 Å².